The zero-order valence-corrected chi connectivity index (χ0v) is 11.3. The molecule has 1 aliphatic heterocycles. The van der Waals surface area contributed by atoms with Crippen LogP contribution in [-0.2, 0) is 6.54 Å². The molecule has 0 saturated carbocycles. The lowest BCUT2D eigenvalue weighted by Gasteiger charge is -2.35. The number of hydrogen-bond acceptors (Lipinski definition) is 2. The third-order valence-electron chi connectivity index (χ3n) is 3.90. The highest BCUT2D eigenvalue weighted by Crippen LogP contribution is 2.15. The number of benzene rings is 1. The molecular formula is C15H24N2. The van der Waals surface area contributed by atoms with Crippen LogP contribution in [-0.4, -0.2) is 30.6 Å². The Hall–Kier alpha value is -0.860. The van der Waals surface area contributed by atoms with Gasteiger partial charge in [0.1, 0.15) is 0 Å². The first-order valence-electron chi connectivity index (χ1n) is 6.71. The highest BCUT2D eigenvalue weighted by molar-refractivity contribution is 5.29. The van der Waals surface area contributed by atoms with Crippen molar-refractivity contribution in [1.29, 1.82) is 0 Å². The second-order valence-electron chi connectivity index (χ2n) is 5.16. The van der Waals surface area contributed by atoms with Crippen molar-refractivity contribution < 1.29 is 0 Å². The van der Waals surface area contributed by atoms with E-state index in [1.807, 2.05) is 0 Å². The van der Waals surface area contributed by atoms with Crippen molar-refractivity contribution in [3.05, 3.63) is 34.9 Å². The summed E-state index contributed by atoms with van der Waals surface area (Å²) in [6.45, 7) is 11.2. The maximum atomic E-state index is 3.48. The Morgan fingerprint density at radius 2 is 2.12 bits per heavy atom. The summed E-state index contributed by atoms with van der Waals surface area (Å²) in [7, 11) is 0. The first kappa shape index (κ1) is 12.6. The molecule has 0 bridgehead atoms. The van der Waals surface area contributed by atoms with Gasteiger partial charge >= 0.3 is 0 Å². The molecule has 0 aromatic heterocycles. The molecule has 1 saturated heterocycles. The average molecular weight is 232 g/mol. The number of aryl methyl sites for hydroxylation is 2. The molecule has 1 N–H and O–H groups in total. The van der Waals surface area contributed by atoms with E-state index in [2.05, 4.69) is 49.2 Å². The standard InChI is InChI=1S/C15H24N2/c1-4-15-10-16-7-8-17(15)11-14-6-5-12(2)13(3)9-14/h5-6,9,15-16H,4,7-8,10-11H2,1-3H3. The lowest BCUT2D eigenvalue weighted by molar-refractivity contribution is 0.149. The fourth-order valence-electron chi connectivity index (χ4n) is 2.55. The zero-order valence-electron chi connectivity index (χ0n) is 11.3. The van der Waals surface area contributed by atoms with Crippen LogP contribution >= 0.6 is 0 Å². The molecule has 1 fully saturated rings. The minimum Gasteiger partial charge on any atom is -0.314 e. The second-order valence-corrected chi connectivity index (χ2v) is 5.16. The van der Waals surface area contributed by atoms with Crippen molar-refractivity contribution in [2.75, 3.05) is 19.6 Å². The monoisotopic (exact) mass is 232 g/mol. The Labute approximate surface area is 105 Å². The number of rotatable bonds is 3. The minimum atomic E-state index is 0.699. The number of nitrogens with one attached hydrogen (secondary N) is 1. The Kier molecular flexibility index (Phi) is 4.19. The number of piperazine rings is 1. The van der Waals surface area contributed by atoms with E-state index in [0.717, 1.165) is 19.6 Å². The molecule has 2 nitrogen and oxygen atoms in total. The van der Waals surface area contributed by atoms with Crippen LogP contribution < -0.4 is 5.32 Å². The Balaban J connectivity index is 2.05. The lowest BCUT2D eigenvalue weighted by atomic mass is 10.0. The van der Waals surface area contributed by atoms with E-state index in [0.29, 0.717) is 6.04 Å². The van der Waals surface area contributed by atoms with Crippen molar-refractivity contribution in [3.63, 3.8) is 0 Å². The third kappa shape index (κ3) is 3.08. The van der Waals surface area contributed by atoms with Crippen molar-refractivity contribution in [1.82, 2.24) is 10.2 Å². The largest absolute Gasteiger partial charge is 0.314 e. The van der Waals surface area contributed by atoms with Crippen molar-refractivity contribution >= 4 is 0 Å². The molecule has 94 valence electrons. The summed E-state index contributed by atoms with van der Waals surface area (Å²) < 4.78 is 0. The summed E-state index contributed by atoms with van der Waals surface area (Å²) in [5, 5.41) is 3.48. The molecule has 1 heterocycles. The molecule has 1 atom stereocenters. The summed E-state index contributed by atoms with van der Waals surface area (Å²) in [6.07, 6.45) is 1.23. The molecule has 0 spiro atoms. The van der Waals surface area contributed by atoms with Gasteiger partial charge in [0.2, 0.25) is 0 Å². The zero-order chi connectivity index (χ0) is 12.3. The van der Waals surface area contributed by atoms with Crippen molar-refractivity contribution in [2.24, 2.45) is 0 Å². The van der Waals surface area contributed by atoms with Gasteiger partial charge in [-0.1, -0.05) is 25.1 Å². The van der Waals surface area contributed by atoms with Crippen LogP contribution in [0.5, 0.6) is 0 Å². The highest BCUT2D eigenvalue weighted by Gasteiger charge is 2.20. The summed E-state index contributed by atoms with van der Waals surface area (Å²) in [4.78, 5) is 2.61. The van der Waals surface area contributed by atoms with E-state index in [1.165, 1.54) is 29.7 Å². The molecule has 0 aliphatic carbocycles. The summed E-state index contributed by atoms with van der Waals surface area (Å²) in [5.74, 6) is 0. The van der Waals surface area contributed by atoms with E-state index in [4.69, 9.17) is 0 Å². The van der Waals surface area contributed by atoms with Gasteiger partial charge in [0.15, 0.2) is 0 Å². The van der Waals surface area contributed by atoms with Crippen LogP contribution in [0, 0.1) is 13.8 Å². The molecule has 2 heteroatoms. The SMILES string of the molecule is CCC1CNCCN1Cc1ccc(C)c(C)c1. The fraction of sp³-hybridized carbons (Fsp3) is 0.600. The fourth-order valence-corrected chi connectivity index (χ4v) is 2.55. The van der Waals surface area contributed by atoms with Gasteiger partial charge in [-0.2, -0.15) is 0 Å². The van der Waals surface area contributed by atoms with Crippen LogP contribution in [0.2, 0.25) is 0 Å². The molecular weight excluding hydrogens is 208 g/mol. The molecule has 1 aliphatic rings. The normalized spacial score (nSPS) is 21.7. The molecule has 1 aromatic carbocycles. The Morgan fingerprint density at radius 1 is 1.29 bits per heavy atom. The van der Waals surface area contributed by atoms with Gasteiger partial charge in [0.25, 0.3) is 0 Å². The van der Waals surface area contributed by atoms with Crippen molar-refractivity contribution in [3.8, 4) is 0 Å². The lowest BCUT2D eigenvalue weighted by Crippen LogP contribution is -2.50. The quantitative estimate of drug-likeness (QED) is 0.861. The minimum absolute atomic E-state index is 0.699. The van der Waals surface area contributed by atoms with Crippen LogP contribution in [0.4, 0.5) is 0 Å². The number of nitrogens with zero attached hydrogens (tertiary/aromatic N) is 1. The van der Waals surface area contributed by atoms with E-state index >= 15 is 0 Å². The van der Waals surface area contributed by atoms with E-state index < -0.39 is 0 Å². The van der Waals surface area contributed by atoms with Crippen LogP contribution in [0.3, 0.4) is 0 Å². The molecule has 0 radical (unpaired) electrons. The van der Waals surface area contributed by atoms with Gasteiger partial charge in [0, 0.05) is 32.2 Å². The van der Waals surface area contributed by atoms with Gasteiger partial charge in [-0.05, 0) is 37.0 Å². The van der Waals surface area contributed by atoms with Gasteiger partial charge in [-0.15, -0.1) is 0 Å². The van der Waals surface area contributed by atoms with E-state index in [-0.39, 0.29) is 0 Å². The number of hydrogen-bond donors (Lipinski definition) is 1. The third-order valence-corrected chi connectivity index (χ3v) is 3.90. The van der Waals surface area contributed by atoms with Crippen LogP contribution in [0.25, 0.3) is 0 Å². The van der Waals surface area contributed by atoms with E-state index in [1.54, 1.807) is 0 Å². The maximum absolute atomic E-state index is 3.48. The van der Waals surface area contributed by atoms with Crippen molar-refractivity contribution in [2.45, 2.75) is 39.8 Å². The summed E-state index contributed by atoms with van der Waals surface area (Å²) >= 11 is 0. The first-order valence-corrected chi connectivity index (χ1v) is 6.71. The van der Waals surface area contributed by atoms with Crippen LogP contribution in [0.1, 0.15) is 30.0 Å². The predicted molar refractivity (Wildman–Crippen MR) is 73.3 cm³/mol. The van der Waals surface area contributed by atoms with E-state index in [9.17, 15) is 0 Å². The Morgan fingerprint density at radius 3 is 2.82 bits per heavy atom. The predicted octanol–water partition coefficient (Wildman–Crippen LogP) is 2.49. The smallest absolute Gasteiger partial charge is 0.0237 e. The Bertz CT molecular complexity index is 373. The summed E-state index contributed by atoms with van der Waals surface area (Å²) in [5.41, 5.74) is 4.25. The topological polar surface area (TPSA) is 15.3 Å². The molecule has 1 aromatic rings. The molecule has 0 amide bonds. The second kappa shape index (κ2) is 5.65. The average Bonchev–Trinajstić information content (AvgIpc) is 2.34. The van der Waals surface area contributed by atoms with Gasteiger partial charge in [0.05, 0.1) is 0 Å². The molecule has 2 rings (SSSR count). The van der Waals surface area contributed by atoms with Gasteiger partial charge < -0.3 is 5.32 Å². The molecule has 17 heavy (non-hydrogen) atoms. The van der Waals surface area contributed by atoms with Gasteiger partial charge in [-0.25, -0.2) is 0 Å². The highest BCUT2D eigenvalue weighted by atomic mass is 15.2. The molecule has 1 unspecified atom stereocenters. The summed E-state index contributed by atoms with van der Waals surface area (Å²) in [6, 6.07) is 7.56. The first-order chi connectivity index (χ1) is 8.20. The maximum Gasteiger partial charge on any atom is 0.0237 e. The van der Waals surface area contributed by atoms with Gasteiger partial charge in [-0.3, -0.25) is 4.90 Å². The van der Waals surface area contributed by atoms with Crippen LogP contribution in [0.15, 0.2) is 18.2 Å².